The van der Waals surface area contributed by atoms with E-state index in [1.807, 2.05) is 48.5 Å². The van der Waals surface area contributed by atoms with Gasteiger partial charge in [0.2, 0.25) is 5.91 Å². The molecule has 1 heterocycles. The number of aliphatic hydroxyl groups is 1. The van der Waals surface area contributed by atoms with Gasteiger partial charge in [-0.15, -0.1) is 0 Å². The summed E-state index contributed by atoms with van der Waals surface area (Å²) in [6.45, 7) is 2.47. The first-order valence-electron chi connectivity index (χ1n) is 8.63. The van der Waals surface area contributed by atoms with Crippen molar-refractivity contribution >= 4 is 22.8 Å². The number of nitrogens with two attached hydrogens (primary N) is 1. The summed E-state index contributed by atoms with van der Waals surface area (Å²) in [4.78, 5) is 24.4. The molecule has 3 rings (SSSR count). The van der Waals surface area contributed by atoms with Gasteiger partial charge in [0.25, 0.3) is 5.91 Å². The lowest BCUT2D eigenvalue weighted by Gasteiger charge is -2.24. The van der Waals surface area contributed by atoms with Gasteiger partial charge in [-0.3, -0.25) is 9.59 Å². The molecule has 0 spiro atoms. The lowest BCUT2D eigenvalue weighted by Crippen LogP contribution is -2.57. The van der Waals surface area contributed by atoms with Gasteiger partial charge in [-0.05, 0) is 43.5 Å². The molecule has 2 aromatic carbocycles. The van der Waals surface area contributed by atoms with E-state index in [-0.39, 0.29) is 0 Å². The Labute approximate surface area is 157 Å². The SMILES string of the molecule is Cc1oc2ccc(Cc3ccccc3)cc2c1C(=O)N[C@@](C)(CO)C(N)=O. The van der Waals surface area contributed by atoms with Crippen molar-refractivity contribution in [3.05, 3.63) is 71.0 Å². The van der Waals surface area contributed by atoms with Gasteiger partial charge in [-0.1, -0.05) is 36.4 Å². The number of rotatable bonds is 6. The van der Waals surface area contributed by atoms with Crippen molar-refractivity contribution in [1.29, 1.82) is 0 Å². The molecule has 6 heteroatoms. The molecular formula is C21H22N2O4. The predicted molar refractivity (Wildman–Crippen MR) is 102 cm³/mol. The summed E-state index contributed by atoms with van der Waals surface area (Å²) in [7, 11) is 0. The average Bonchev–Trinajstić information content (AvgIpc) is 2.97. The van der Waals surface area contributed by atoms with Gasteiger partial charge in [-0.2, -0.15) is 0 Å². The van der Waals surface area contributed by atoms with Crippen molar-refractivity contribution in [2.24, 2.45) is 5.73 Å². The number of hydrogen-bond acceptors (Lipinski definition) is 4. The molecule has 140 valence electrons. The van der Waals surface area contributed by atoms with Gasteiger partial charge in [0.05, 0.1) is 12.2 Å². The fourth-order valence-electron chi connectivity index (χ4n) is 2.98. The van der Waals surface area contributed by atoms with Crippen LogP contribution in [-0.2, 0) is 11.2 Å². The molecule has 1 atom stereocenters. The molecule has 0 saturated heterocycles. The monoisotopic (exact) mass is 366 g/mol. The third kappa shape index (κ3) is 3.71. The van der Waals surface area contributed by atoms with Crippen LogP contribution in [0.5, 0.6) is 0 Å². The van der Waals surface area contributed by atoms with Crippen LogP contribution in [-0.4, -0.2) is 29.1 Å². The largest absolute Gasteiger partial charge is 0.461 e. The average molecular weight is 366 g/mol. The van der Waals surface area contributed by atoms with Crippen LogP contribution in [0.15, 0.2) is 52.9 Å². The number of aryl methyl sites for hydroxylation is 1. The van der Waals surface area contributed by atoms with Crippen molar-refractivity contribution in [2.45, 2.75) is 25.8 Å². The zero-order valence-corrected chi connectivity index (χ0v) is 15.3. The summed E-state index contributed by atoms with van der Waals surface area (Å²) in [6, 6.07) is 15.7. The lowest BCUT2D eigenvalue weighted by molar-refractivity contribution is -0.124. The van der Waals surface area contributed by atoms with Gasteiger partial charge in [-0.25, -0.2) is 0 Å². The van der Waals surface area contributed by atoms with Crippen LogP contribution in [0.3, 0.4) is 0 Å². The highest BCUT2D eigenvalue weighted by Crippen LogP contribution is 2.28. The summed E-state index contributed by atoms with van der Waals surface area (Å²) in [5, 5.41) is 12.6. The van der Waals surface area contributed by atoms with E-state index in [1.165, 1.54) is 6.92 Å². The van der Waals surface area contributed by atoms with Crippen LogP contribution in [0.2, 0.25) is 0 Å². The molecule has 1 aromatic heterocycles. The molecule has 0 unspecified atom stereocenters. The van der Waals surface area contributed by atoms with E-state index >= 15 is 0 Å². The Kier molecular flexibility index (Phi) is 5.01. The zero-order chi connectivity index (χ0) is 19.6. The number of benzene rings is 2. The van der Waals surface area contributed by atoms with Crippen LogP contribution in [0.4, 0.5) is 0 Å². The van der Waals surface area contributed by atoms with Crippen LogP contribution >= 0.6 is 0 Å². The molecule has 4 N–H and O–H groups in total. The third-order valence-corrected chi connectivity index (χ3v) is 4.66. The molecule has 27 heavy (non-hydrogen) atoms. The number of hydrogen-bond donors (Lipinski definition) is 3. The molecule has 0 aliphatic rings. The minimum atomic E-state index is -1.55. The molecule has 0 bridgehead atoms. The van der Waals surface area contributed by atoms with Crippen LogP contribution in [0.1, 0.15) is 34.2 Å². The number of nitrogens with one attached hydrogen (secondary N) is 1. The Hall–Kier alpha value is -3.12. The molecule has 0 fully saturated rings. The maximum atomic E-state index is 12.8. The molecule has 0 aliphatic carbocycles. The summed E-state index contributed by atoms with van der Waals surface area (Å²) in [5.74, 6) is -0.892. The quantitative estimate of drug-likeness (QED) is 0.622. The fraction of sp³-hybridized carbons (Fsp3) is 0.238. The van der Waals surface area contributed by atoms with E-state index < -0.39 is 24.0 Å². The normalized spacial score (nSPS) is 13.3. The van der Waals surface area contributed by atoms with Crippen LogP contribution < -0.4 is 11.1 Å². The Morgan fingerprint density at radius 3 is 2.48 bits per heavy atom. The van der Waals surface area contributed by atoms with Crippen LogP contribution in [0.25, 0.3) is 11.0 Å². The van der Waals surface area contributed by atoms with Crippen molar-refractivity contribution in [2.75, 3.05) is 6.61 Å². The number of fused-ring (bicyclic) bond motifs is 1. The first-order valence-corrected chi connectivity index (χ1v) is 8.63. The second-order valence-electron chi connectivity index (χ2n) is 6.83. The molecular weight excluding hydrogens is 344 g/mol. The molecule has 0 radical (unpaired) electrons. The van der Waals surface area contributed by atoms with E-state index in [0.717, 1.165) is 17.5 Å². The highest BCUT2D eigenvalue weighted by atomic mass is 16.3. The van der Waals surface area contributed by atoms with E-state index in [1.54, 1.807) is 6.92 Å². The minimum Gasteiger partial charge on any atom is -0.461 e. The van der Waals surface area contributed by atoms with E-state index in [2.05, 4.69) is 5.32 Å². The Morgan fingerprint density at radius 1 is 1.15 bits per heavy atom. The molecule has 0 aliphatic heterocycles. The van der Waals surface area contributed by atoms with Crippen molar-refractivity contribution in [1.82, 2.24) is 5.32 Å². The summed E-state index contributed by atoms with van der Waals surface area (Å²) in [5.41, 5.74) is 6.86. The first kappa shape index (κ1) is 18.7. The minimum absolute atomic E-state index is 0.334. The lowest BCUT2D eigenvalue weighted by atomic mass is 9.99. The van der Waals surface area contributed by atoms with E-state index in [9.17, 15) is 14.7 Å². The van der Waals surface area contributed by atoms with Gasteiger partial charge >= 0.3 is 0 Å². The number of primary amides is 1. The number of carbonyl (C=O) groups excluding carboxylic acids is 2. The second kappa shape index (κ2) is 7.25. The van der Waals surface area contributed by atoms with Crippen molar-refractivity contribution in [3.63, 3.8) is 0 Å². The van der Waals surface area contributed by atoms with Crippen molar-refractivity contribution in [3.8, 4) is 0 Å². The Morgan fingerprint density at radius 2 is 1.85 bits per heavy atom. The second-order valence-corrected chi connectivity index (χ2v) is 6.83. The van der Waals surface area contributed by atoms with Gasteiger partial charge in [0.15, 0.2) is 0 Å². The van der Waals surface area contributed by atoms with E-state index in [4.69, 9.17) is 10.2 Å². The highest BCUT2D eigenvalue weighted by molar-refractivity contribution is 6.09. The fourth-order valence-corrected chi connectivity index (χ4v) is 2.98. The number of furan rings is 1. The topological polar surface area (TPSA) is 106 Å². The number of amides is 2. The molecule has 2 amide bonds. The number of aliphatic hydroxyl groups excluding tert-OH is 1. The van der Waals surface area contributed by atoms with E-state index in [0.29, 0.717) is 22.3 Å². The molecule has 0 saturated carbocycles. The van der Waals surface area contributed by atoms with Crippen LogP contribution in [0, 0.1) is 6.92 Å². The Balaban J connectivity index is 1.97. The smallest absolute Gasteiger partial charge is 0.256 e. The molecule has 6 nitrogen and oxygen atoms in total. The van der Waals surface area contributed by atoms with Gasteiger partial charge < -0.3 is 20.6 Å². The summed E-state index contributed by atoms with van der Waals surface area (Å²) in [6.07, 6.45) is 0.720. The zero-order valence-electron chi connectivity index (χ0n) is 15.3. The maximum Gasteiger partial charge on any atom is 0.256 e. The van der Waals surface area contributed by atoms with Gasteiger partial charge in [0, 0.05) is 5.39 Å². The third-order valence-electron chi connectivity index (χ3n) is 4.66. The predicted octanol–water partition coefficient (Wildman–Crippen LogP) is 2.30. The number of carbonyl (C=O) groups is 2. The highest BCUT2D eigenvalue weighted by Gasteiger charge is 2.34. The molecule has 3 aromatic rings. The summed E-state index contributed by atoms with van der Waals surface area (Å²) < 4.78 is 5.69. The van der Waals surface area contributed by atoms with Crippen molar-refractivity contribution < 1.29 is 19.1 Å². The van der Waals surface area contributed by atoms with Gasteiger partial charge in [0.1, 0.15) is 16.9 Å². The standard InChI is InChI=1S/C21H22N2O4/c1-13-18(19(25)23-21(2,12-24)20(22)26)16-11-15(8-9-17(16)27-13)10-14-6-4-3-5-7-14/h3-9,11,24H,10,12H2,1-2H3,(H2,22,26)(H,23,25)/t21-/m0/s1. The first-order chi connectivity index (χ1) is 12.8. The summed E-state index contributed by atoms with van der Waals surface area (Å²) >= 11 is 0. The maximum absolute atomic E-state index is 12.8. The Bertz CT molecular complexity index is 994.